The summed E-state index contributed by atoms with van der Waals surface area (Å²) in [6.07, 6.45) is 2.84. The van der Waals surface area contributed by atoms with Crippen LogP contribution in [-0.4, -0.2) is 53.9 Å². The fraction of sp³-hybridized carbons (Fsp3) is 0.529. The lowest BCUT2D eigenvalue weighted by Gasteiger charge is -2.33. The van der Waals surface area contributed by atoms with Crippen molar-refractivity contribution in [1.29, 1.82) is 0 Å². The SMILES string of the molecule is O=C1CCC(=O)N1CCN1CCC[C@H](Oc2ccccc2Cl)C1. The average molecular weight is 337 g/mol. The lowest BCUT2D eigenvalue weighted by atomic mass is 10.1. The summed E-state index contributed by atoms with van der Waals surface area (Å²) in [5.41, 5.74) is 0. The van der Waals surface area contributed by atoms with Gasteiger partial charge in [-0.15, -0.1) is 0 Å². The van der Waals surface area contributed by atoms with Crippen LogP contribution < -0.4 is 4.74 Å². The van der Waals surface area contributed by atoms with E-state index in [1.54, 1.807) is 0 Å². The van der Waals surface area contributed by atoms with Crippen molar-refractivity contribution in [3.8, 4) is 5.75 Å². The first kappa shape index (κ1) is 16.3. The van der Waals surface area contributed by atoms with Crippen LogP contribution in [-0.2, 0) is 9.59 Å². The van der Waals surface area contributed by atoms with Crippen LogP contribution in [0.5, 0.6) is 5.75 Å². The molecular weight excluding hydrogens is 316 g/mol. The number of hydrogen-bond acceptors (Lipinski definition) is 4. The molecule has 2 aliphatic heterocycles. The molecule has 5 nitrogen and oxygen atoms in total. The molecule has 1 aromatic rings. The number of piperidine rings is 1. The zero-order valence-electron chi connectivity index (χ0n) is 13.0. The molecule has 0 aliphatic carbocycles. The molecule has 124 valence electrons. The van der Waals surface area contributed by atoms with Gasteiger partial charge in [-0.3, -0.25) is 19.4 Å². The van der Waals surface area contributed by atoms with Gasteiger partial charge >= 0.3 is 0 Å². The minimum Gasteiger partial charge on any atom is -0.488 e. The molecule has 0 radical (unpaired) electrons. The van der Waals surface area contributed by atoms with E-state index in [0.717, 1.165) is 25.9 Å². The fourth-order valence-electron chi connectivity index (χ4n) is 3.15. The summed E-state index contributed by atoms with van der Waals surface area (Å²) in [5.74, 6) is 0.623. The van der Waals surface area contributed by atoms with Crippen LogP contribution in [0, 0.1) is 0 Å². The molecule has 0 aromatic heterocycles. The maximum absolute atomic E-state index is 11.6. The van der Waals surface area contributed by atoms with E-state index in [-0.39, 0.29) is 17.9 Å². The van der Waals surface area contributed by atoms with E-state index in [9.17, 15) is 9.59 Å². The van der Waals surface area contributed by atoms with Crippen LogP contribution in [0.3, 0.4) is 0 Å². The Bertz CT molecular complexity index is 577. The molecule has 2 amide bonds. The average Bonchev–Trinajstić information content (AvgIpc) is 2.87. The standard InChI is InChI=1S/C17H21ClN2O3/c18-14-5-1-2-6-15(14)23-13-4-3-9-19(12-13)10-11-20-16(21)7-8-17(20)22/h1-2,5-6,13H,3-4,7-12H2/t13-/m0/s1. The molecule has 6 heteroatoms. The second-order valence-electron chi connectivity index (χ2n) is 6.05. The van der Waals surface area contributed by atoms with Gasteiger partial charge in [0.2, 0.25) is 11.8 Å². The Morgan fingerprint density at radius 3 is 2.61 bits per heavy atom. The Morgan fingerprint density at radius 2 is 1.87 bits per heavy atom. The Labute approximate surface area is 141 Å². The summed E-state index contributed by atoms with van der Waals surface area (Å²) in [4.78, 5) is 26.9. The lowest BCUT2D eigenvalue weighted by molar-refractivity contribution is -0.138. The van der Waals surface area contributed by atoms with Gasteiger partial charge in [0.25, 0.3) is 0 Å². The number of para-hydroxylation sites is 1. The van der Waals surface area contributed by atoms with E-state index in [2.05, 4.69) is 4.90 Å². The predicted molar refractivity (Wildman–Crippen MR) is 87.5 cm³/mol. The number of carbonyl (C=O) groups is 2. The molecule has 0 unspecified atom stereocenters. The second kappa shape index (κ2) is 7.32. The Morgan fingerprint density at radius 1 is 1.13 bits per heavy atom. The van der Waals surface area contributed by atoms with E-state index < -0.39 is 0 Å². The van der Waals surface area contributed by atoms with Gasteiger partial charge in [0, 0.05) is 32.5 Å². The van der Waals surface area contributed by atoms with Crippen molar-refractivity contribution >= 4 is 23.4 Å². The largest absolute Gasteiger partial charge is 0.488 e. The van der Waals surface area contributed by atoms with E-state index in [1.165, 1.54) is 4.90 Å². The third-order valence-electron chi connectivity index (χ3n) is 4.39. The first-order valence-electron chi connectivity index (χ1n) is 8.10. The lowest BCUT2D eigenvalue weighted by Crippen LogP contribution is -2.45. The first-order chi connectivity index (χ1) is 11.1. The minimum absolute atomic E-state index is 0.0455. The molecule has 2 heterocycles. The monoisotopic (exact) mass is 336 g/mol. The van der Waals surface area contributed by atoms with E-state index in [0.29, 0.717) is 36.7 Å². The van der Waals surface area contributed by atoms with E-state index >= 15 is 0 Å². The van der Waals surface area contributed by atoms with Crippen LogP contribution >= 0.6 is 11.6 Å². The van der Waals surface area contributed by atoms with Crippen LogP contribution in [0.15, 0.2) is 24.3 Å². The van der Waals surface area contributed by atoms with Crippen molar-refractivity contribution in [1.82, 2.24) is 9.80 Å². The third-order valence-corrected chi connectivity index (χ3v) is 4.70. The van der Waals surface area contributed by atoms with Gasteiger partial charge in [-0.2, -0.15) is 0 Å². The highest BCUT2D eigenvalue weighted by molar-refractivity contribution is 6.32. The van der Waals surface area contributed by atoms with Gasteiger partial charge < -0.3 is 4.74 Å². The highest BCUT2D eigenvalue weighted by atomic mass is 35.5. The van der Waals surface area contributed by atoms with Gasteiger partial charge in [-0.25, -0.2) is 0 Å². The molecule has 2 saturated heterocycles. The minimum atomic E-state index is -0.0455. The van der Waals surface area contributed by atoms with Crippen molar-refractivity contribution in [2.45, 2.75) is 31.8 Å². The zero-order chi connectivity index (χ0) is 16.2. The van der Waals surface area contributed by atoms with Crippen molar-refractivity contribution in [2.75, 3.05) is 26.2 Å². The fourth-order valence-corrected chi connectivity index (χ4v) is 3.33. The number of likely N-dealkylation sites (tertiary alicyclic amines) is 2. The Kier molecular flexibility index (Phi) is 5.18. The van der Waals surface area contributed by atoms with Gasteiger partial charge in [-0.05, 0) is 31.5 Å². The molecule has 2 aliphatic rings. The van der Waals surface area contributed by atoms with Gasteiger partial charge in [0.15, 0.2) is 0 Å². The van der Waals surface area contributed by atoms with E-state index in [4.69, 9.17) is 16.3 Å². The molecular formula is C17H21ClN2O3. The van der Waals surface area contributed by atoms with Crippen molar-refractivity contribution in [3.63, 3.8) is 0 Å². The van der Waals surface area contributed by atoms with Crippen LogP contribution in [0.2, 0.25) is 5.02 Å². The Hall–Kier alpha value is -1.59. The molecule has 0 spiro atoms. The normalized spacial score (nSPS) is 22.7. The summed E-state index contributed by atoms with van der Waals surface area (Å²) in [7, 11) is 0. The molecule has 23 heavy (non-hydrogen) atoms. The first-order valence-corrected chi connectivity index (χ1v) is 8.48. The van der Waals surface area contributed by atoms with Crippen LogP contribution in [0.1, 0.15) is 25.7 Å². The number of hydrogen-bond donors (Lipinski definition) is 0. The van der Waals surface area contributed by atoms with Crippen molar-refractivity contribution in [3.05, 3.63) is 29.3 Å². The number of nitrogens with zero attached hydrogens (tertiary/aromatic N) is 2. The number of halogens is 1. The highest BCUT2D eigenvalue weighted by Crippen LogP contribution is 2.26. The van der Waals surface area contributed by atoms with Crippen LogP contribution in [0.25, 0.3) is 0 Å². The Balaban J connectivity index is 1.51. The highest BCUT2D eigenvalue weighted by Gasteiger charge is 2.29. The molecule has 3 rings (SSSR count). The van der Waals surface area contributed by atoms with Crippen molar-refractivity contribution in [2.24, 2.45) is 0 Å². The number of benzene rings is 1. The number of ether oxygens (including phenoxy) is 1. The molecule has 1 atom stereocenters. The van der Waals surface area contributed by atoms with E-state index in [1.807, 2.05) is 24.3 Å². The predicted octanol–water partition coefficient (Wildman–Crippen LogP) is 2.33. The third kappa shape index (κ3) is 4.03. The molecule has 2 fully saturated rings. The molecule has 1 aromatic carbocycles. The van der Waals surface area contributed by atoms with Crippen LogP contribution in [0.4, 0.5) is 0 Å². The van der Waals surface area contributed by atoms with Gasteiger partial charge in [0.05, 0.1) is 5.02 Å². The quantitative estimate of drug-likeness (QED) is 0.774. The summed E-state index contributed by atoms with van der Waals surface area (Å²) in [5, 5.41) is 0.623. The second-order valence-corrected chi connectivity index (χ2v) is 6.46. The summed E-state index contributed by atoms with van der Waals surface area (Å²) in [6, 6.07) is 7.49. The van der Waals surface area contributed by atoms with Gasteiger partial charge in [-0.1, -0.05) is 23.7 Å². The number of rotatable bonds is 5. The maximum atomic E-state index is 11.6. The molecule has 0 N–H and O–H groups in total. The zero-order valence-corrected chi connectivity index (χ0v) is 13.8. The summed E-state index contributed by atoms with van der Waals surface area (Å²) < 4.78 is 6.01. The molecule has 0 saturated carbocycles. The summed E-state index contributed by atoms with van der Waals surface area (Å²) >= 11 is 6.14. The molecule has 0 bridgehead atoms. The number of carbonyl (C=O) groups excluding carboxylic acids is 2. The smallest absolute Gasteiger partial charge is 0.229 e. The number of amides is 2. The number of imide groups is 1. The summed E-state index contributed by atoms with van der Waals surface area (Å²) in [6.45, 7) is 2.95. The van der Waals surface area contributed by atoms with Crippen molar-refractivity contribution < 1.29 is 14.3 Å². The topological polar surface area (TPSA) is 49.9 Å². The van der Waals surface area contributed by atoms with Gasteiger partial charge in [0.1, 0.15) is 11.9 Å². The maximum Gasteiger partial charge on any atom is 0.229 e.